The van der Waals surface area contributed by atoms with Gasteiger partial charge in [0.05, 0.1) is 35.0 Å². The van der Waals surface area contributed by atoms with Gasteiger partial charge in [-0.05, 0) is 32.0 Å². The van der Waals surface area contributed by atoms with Crippen LogP contribution in [0.5, 0.6) is 5.75 Å². The summed E-state index contributed by atoms with van der Waals surface area (Å²) in [4.78, 5) is 18.9. The number of hydrogen-bond acceptors (Lipinski definition) is 9. The number of methoxy groups -OCH3 is 1. The van der Waals surface area contributed by atoms with E-state index < -0.39 is 5.41 Å². The molecule has 0 amide bonds. The van der Waals surface area contributed by atoms with Gasteiger partial charge in [0.15, 0.2) is 0 Å². The number of benzene rings is 1. The van der Waals surface area contributed by atoms with E-state index in [0.717, 1.165) is 66.0 Å². The van der Waals surface area contributed by atoms with E-state index in [1.54, 1.807) is 19.5 Å². The molecule has 1 aromatic carbocycles. The molecular weight excluding hydrogens is 458 g/mol. The SMILES string of the molecule is COc1cc(Nc2ncc(Cl)c(-c3cnc(C4(C#N)CC4)s3)n2)ccc1N1CCN(C)CC1. The quantitative estimate of drug-likeness (QED) is 0.557. The molecule has 1 aliphatic carbocycles. The zero-order valence-corrected chi connectivity index (χ0v) is 20.1. The molecule has 0 unspecified atom stereocenters. The van der Waals surface area contributed by atoms with Crippen molar-refractivity contribution in [1.29, 1.82) is 5.26 Å². The number of nitrogens with one attached hydrogen (secondary N) is 1. The number of anilines is 3. The predicted octanol–water partition coefficient (Wildman–Crippen LogP) is 4.31. The monoisotopic (exact) mass is 481 g/mol. The highest BCUT2D eigenvalue weighted by atomic mass is 35.5. The number of thiazole rings is 1. The lowest BCUT2D eigenvalue weighted by molar-refractivity contribution is 0.311. The van der Waals surface area contributed by atoms with Crippen LogP contribution in [0.25, 0.3) is 10.6 Å². The number of likely N-dealkylation sites (N-methyl/N-ethyl adjacent to an activating group) is 1. The zero-order chi connectivity index (χ0) is 23.0. The average Bonchev–Trinajstić information content (AvgIpc) is 3.49. The van der Waals surface area contributed by atoms with Crippen molar-refractivity contribution in [2.45, 2.75) is 18.3 Å². The Morgan fingerprint density at radius 1 is 1.18 bits per heavy atom. The van der Waals surface area contributed by atoms with Crippen molar-refractivity contribution >= 4 is 40.3 Å². The summed E-state index contributed by atoms with van der Waals surface area (Å²) in [5.74, 6) is 1.23. The van der Waals surface area contributed by atoms with Gasteiger partial charge < -0.3 is 19.9 Å². The Kier molecular flexibility index (Phi) is 5.83. The van der Waals surface area contributed by atoms with Crippen molar-refractivity contribution in [2.24, 2.45) is 0 Å². The van der Waals surface area contributed by atoms with Crippen molar-refractivity contribution in [3.8, 4) is 22.4 Å². The maximum Gasteiger partial charge on any atom is 0.227 e. The second-order valence-electron chi connectivity index (χ2n) is 8.42. The maximum atomic E-state index is 9.45. The van der Waals surface area contributed by atoms with E-state index in [9.17, 15) is 5.26 Å². The standard InChI is InChI=1S/C23H24ClN7OS/c1-30-7-9-31(10-8-30)17-4-3-15(11-18(17)32-2)28-22-27-12-16(24)20(29-22)19-13-26-21(33-19)23(14-25)5-6-23/h3-4,11-13H,5-10H2,1-2H3,(H,27,28,29). The third kappa shape index (κ3) is 4.34. The number of nitriles is 1. The Morgan fingerprint density at radius 3 is 2.67 bits per heavy atom. The molecule has 0 atom stereocenters. The van der Waals surface area contributed by atoms with Crippen molar-refractivity contribution < 1.29 is 4.74 Å². The van der Waals surface area contributed by atoms with Crippen LogP contribution < -0.4 is 15.0 Å². The molecule has 0 spiro atoms. The van der Waals surface area contributed by atoms with E-state index in [-0.39, 0.29) is 0 Å². The lowest BCUT2D eigenvalue weighted by Gasteiger charge is -2.34. The summed E-state index contributed by atoms with van der Waals surface area (Å²) in [6.45, 7) is 3.99. The van der Waals surface area contributed by atoms with Gasteiger partial charge in [-0.3, -0.25) is 0 Å². The first-order chi connectivity index (χ1) is 16.0. The average molecular weight is 482 g/mol. The first-order valence-electron chi connectivity index (χ1n) is 10.8. The topological polar surface area (TPSA) is 90.2 Å². The van der Waals surface area contributed by atoms with Crippen LogP contribution in [0.3, 0.4) is 0 Å². The molecule has 1 saturated heterocycles. The highest BCUT2D eigenvalue weighted by Gasteiger charge is 2.47. The van der Waals surface area contributed by atoms with E-state index in [0.29, 0.717) is 16.7 Å². The Morgan fingerprint density at radius 2 is 1.97 bits per heavy atom. The molecule has 5 rings (SSSR count). The molecule has 10 heteroatoms. The molecule has 1 saturated carbocycles. The summed E-state index contributed by atoms with van der Waals surface area (Å²) in [5.41, 5.74) is 2.08. The summed E-state index contributed by atoms with van der Waals surface area (Å²) in [6.07, 6.45) is 5.03. The Hall–Kier alpha value is -2.93. The van der Waals surface area contributed by atoms with Crippen molar-refractivity contribution in [1.82, 2.24) is 19.9 Å². The number of piperazine rings is 1. The second kappa shape index (κ2) is 8.78. The highest BCUT2D eigenvalue weighted by Crippen LogP contribution is 2.50. The summed E-state index contributed by atoms with van der Waals surface area (Å²) >= 11 is 7.87. The van der Waals surface area contributed by atoms with Gasteiger partial charge in [-0.25, -0.2) is 15.0 Å². The minimum Gasteiger partial charge on any atom is -0.495 e. The van der Waals surface area contributed by atoms with Crippen molar-refractivity contribution in [3.05, 3.63) is 40.6 Å². The van der Waals surface area contributed by atoms with Crippen molar-refractivity contribution in [2.75, 3.05) is 50.6 Å². The van der Waals surface area contributed by atoms with Crippen LogP contribution in [0.15, 0.2) is 30.6 Å². The van der Waals surface area contributed by atoms with E-state index in [2.05, 4.69) is 49.3 Å². The molecule has 8 nitrogen and oxygen atoms in total. The molecule has 2 aromatic heterocycles. The fraction of sp³-hybridized carbons (Fsp3) is 0.391. The molecule has 1 aliphatic heterocycles. The first kappa shape index (κ1) is 21.9. The van der Waals surface area contributed by atoms with Gasteiger partial charge in [0.1, 0.15) is 21.9 Å². The van der Waals surface area contributed by atoms with Gasteiger partial charge in [-0.15, -0.1) is 11.3 Å². The molecule has 3 aromatic rings. The van der Waals surface area contributed by atoms with Gasteiger partial charge >= 0.3 is 0 Å². The number of nitrogens with zero attached hydrogens (tertiary/aromatic N) is 6. The minimum absolute atomic E-state index is 0.425. The number of hydrogen-bond donors (Lipinski definition) is 1. The minimum atomic E-state index is -0.425. The molecule has 33 heavy (non-hydrogen) atoms. The third-order valence-electron chi connectivity index (χ3n) is 6.14. The van der Waals surface area contributed by atoms with Gasteiger partial charge in [0, 0.05) is 44.1 Å². The van der Waals surface area contributed by atoms with Crippen LogP contribution in [0.4, 0.5) is 17.3 Å². The summed E-state index contributed by atoms with van der Waals surface area (Å²) in [7, 11) is 3.83. The summed E-state index contributed by atoms with van der Waals surface area (Å²) in [5, 5.41) is 14.0. The first-order valence-corrected chi connectivity index (χ1v) is 12.0. The molecule has 3 heterocycles. The Labute approximate surface area is 201 Å². The second-order valence-corrected chi connectivity index (χ2v) is 9.85. The fourth-order valence-corrected chi connectivity index (χ4v) is 5.26. The van der Waals surface area contributed by atoms with Crippen LogP contribution in [-0.2, 0) is 5.41 Å². The van der Waals surface area contributed by atoms with Crippen LogP contribution >= 0.6 is 22.9 Å². The van der Waals surface area contributed by atoms with Crippen LogP contribution in [0, 0.1) is 11.3 Å². The number of ether oxygens (including phenoxy) is 1. The maximum absolute atomic E-state index is 9.45. The van der Waals surface area contributed by atoms with E-state index in [1.807, 2.05) is 12.1 Å². The highest BCUT2D eigenvalue weighted by molar-refractivity contribution is 7.15. The molecular formula is C23H24ClN7OS. The Bertz CT molecular complexity index is 1210. The third-order valence-corrected chi connectivity index (χ3v) is 7.62. The van der Waals surface area contributed by atoms with E-state index in [4.69, 9.17) is 16.3 Å². The van der Waals surface area contributed by atoms with E-state index >= 15 is 0 Å². The number of aromatic nitrogens is 3. The fourth-order valence-electron chi connectivity index (χ4n) is 3.90. The molecule has 0 bridgehead atoms. The smallest absolute Gasteiger partial charge is 0.227 e. The summed E-state index contributed by atoms with van der Waals surface area (Å²) in [6, 6.07) is 8.41. The van der Waals surface area contributed by atoms with Crippen LogP contribution in [0.2, 0.25) is 5.02 Å². The molecule has 2 fully saturated rings. The largest absolute Gasteiger partial charge is 0.495 e. The normalized spacial score (nSPS) is 17.5. The van der Waals surface area contributed by atoms with Gasteiger partial charge in [-0.1, -0.05) is 11.6 Å². The Balaban J connectivity index is 1.37. The molecule has 1 N–H and O–H groups in total. The number of halogens is 1. The molecule has 2 aliphatic rings. The lowest BCUT2D eigenvalue weighted by atomic mass is 10.1. The van der Waals surface area contributed by atoms with Gasteiger partial charge in [0.25, 0.3) is 0 Å². The van der Waals surface area contributed by atoms with Crippen LogP contribution in [-0.4, -0.2) is 60.2 Å². The van der Waals surface area contributed by atoms with Crippen LogP contribution in [0.1, 0.15) is 17.8 Å². The molecule has 0 radical (unpaired) electrons. The number of rotatable bonds is 6. The van der Waals surface area contributed by atoms with Crippen molar-refractivity contribution in [3.63, 3.8) is 0 Å². The molecule has 170 valence electrons. The zero-order valence-electron chi connectivity index (χ0n) is 18.5. The van der Waals surface area contributed by atoms with Gasteiger partial charge in [0.2, 0.25) is 5.95 Å². The van der Waals surface area contributed by atoms with E-state index in [1.165, 1.54) is 11.3 Å². The predicted molar refractivity (Wildman–Crippen MR) is 131 cm³/mol. The summed E-state index contributed by atoms with van der Waals surface area (Å²) < 4.78 is 5.68. The lowest BCUT2D eigenvalue weighted by Crippen LogP contribution is -2.44. The van der Waals surface area contributed by atoms with Gasteiger partial charge in [-0.2, -0.15) is 5.26 Å².